The lowest BCUT2D eigenvalue weighted by atomic mass is 10.4. The lowest BCUT2D eigenvalue weighted by Crippen LogP contribution is -1.99. The van der Waals surface area contributed by atoms with Crippen LogP contribution in [-0.2, 0) is 11.2 Å². The molecule has 0 aliphatic rings. The fourth-order valence-electron chi connectivity index (χ4n) is 0.742. The smallest absolute Gasteiger partial charge is 0.232 e. The summed E-state index contributed by atoms with van der Waals surface area (Å²) in [7, 11) is 0. The van der Waals surface area contributed by atoms with Gasteiger partial charge in [0.2, 0.25) is 9.72 Å². The summed E-state index contributed by atoms with van der Waals surface area (Å²) in [6.07, 6.45) is 1.75. The molecule has 0 atom stereocenters. The Morgan fingerprint density at radius 1 is 1.50 bits per heavy atom. The van der Waals surface area contributed by atoms with Crippen molar-refractivity contribution in [3.05, 3.63) is 9.72 Å². The van der Waals surface area contributed by atoms with Crippen LogP contribution in [0.1, 0.15) is 19.2 Å². The summed E-state index contributed by atoms with van der Waals surface area (Å²) < 4.78 is 10.8. The first kappa shape index (κ1) is 9.91. The molecule has 0 aliphatic heterocycles. The molecule has 0 N–H and O–H groups in total. The Hall–Kier alpha value is -0.170. The molecule has 1 aromatic heterocycles. The van der Waals surface area contributed by atoms with Crippen molar-refractivity contribution in [2.24, 2.45) is 0 Å². The van der Waals surface area contributed by atoms with Crippen molar-refractivity contribution in [2.75, 3.05) is 13.2 Å². The Kier molecular flexibility index (Phi) is 4.52. The normalized spacial score (nSPS) is 10.5. The van der Waals surface area contributed by atoms with Crippen molar-refractivity contribution in [1.29, 1.82) is 0 Å². The molecule has 4 nitrogen and oxygen atoms in total. The summed E-state index contributed by atoms with van der Waals surface area (Å²) in [4.78, 5) is 4.04. The molecule has 68 valence electrons. The van der Waals surface area contributed by atoms with Crippen molar-refractivity contribution >= 4 is 22.6 Å². The Balaban J connectivity index is 2.15. The summed E-state index contributed by atoms with van der Waals surface area (Å²) in [5.74, 6) is 0.649. The number of rotatable bonds is 5. The number of halogens is 1. The summed E-state index contributed by atoms with van der Waals surface area (Å²) in [6.45, 7) is 3.53. The van der Waals surface area contributed by atoms with E-state index in [0.717, 1.165) is 13.0 Å². The standard InChI is InChI=1S/C7H11IN2O2/c1-2-4-11-5-3-6-9-7(8)10-12-6/h2-5H2,1H3. The van der Waals surface area contributed by atoms with Gasteiger partial charge in [0.15, 0.2) is 0 Å². The molecule has 0 saturated heterocycles. The van der Waals surface area contributed by atoms with Gasteiger partial charge in [-0.05, 0) is 6.42 Å². The minimum Gasteiger partial charge on any atom is -0.381 e. The maximum absolute atomic E-state index is 5.27. The van der Waals surface area contributed by atoms with Crippen molar-refractivity contribution < 1.29 is 9.26 Å². The van der Waals surface area contributed by atoms with Crippen LogP contribution < -0.4 is 0 Å². The topological polar surface area (TPSA) is 48.2 Å². The van der Waals surface area contributed by atoms with E-state index in [1.54, 1.807) is 0 Å². The average molecular weight is 282 g/mol. The molecule has 1 aromatic rings. The van der Waals surface area contributed by atoms with Crippen molar-refractivity contribution in [2.45, 2.75) is 19.8 Å². The summed E-state index contributed by atoms with van der Waals surface area (Å²) >= 11 is 2.01. The van der Waals surface area contributed by atoms with E-state index in [2.05, 4.69) is 17.1 Å². The zero-order valence-corrected chi connectivity index (χ0v) is 9.07. The first-order valence-corrected chi connectivity index (χ1v) is 4.96. The van der Waals surface area contributed by atoms with Crippen LogP contribution in [0.2, 0.25) is 0 Å². The molecule has 0 fully saturated rings. The van der Waals surface area contributed by atoms with Gasteiger partial charge in [-0.25, -0.2) is 0 Å². The molecule has 12 heavy (non-hydrogen) atoms. The van der Waals surface area contributed by atoms with Gasteiger partial charge in [-0.3, -0.25) is 0 Å². The Morgan fingerprint density at radius 2 is 2.33 bits per heavy atom. The highest BCUT2D eigenvalue weighted by molar-refractivity contribution is 14.1. The fraction of sp³-hybridized carbons (Fsp3) is 0.714. The largest absolute Gasteiger partial charge is 0.381 e. The van der Waals surface area contributed by atoms with Crippen molar-refractivity contribution in [3.63, 3.8) is 0 Å². The summed E-state index contributed by atoms with van der Waals surface area (Å²) in [6, 6.07) is 0. The van der Waals surface area contributed by atoms with E-state index in [1.165, 1.54) is 0 Å². The minimum atomic E-state index is 0.649. The third kappa shape index (κ3) is 3.48. The van der Waals surface area contributed by atoms with Crippen LogP contribution in [0.5, 0.6) is 0 Å². The van der Waals surface area contributed by atoms with Gasteiger partial charge in [0.25, 0.3) is 0 Å². The molecule has 1 rings (SSSR count). The van der Waals surface area contributed by atoms with Crippen LogP contribution in [0.4, 0.5) is 0 Å². The van der Waals surface area contributed by atoms with E-state index >= 15 is 0 Å². The second-order valence-corrected chi connectivity index (χ2v) is 3.28. The highest BCUT2D eigenvalue weighted by Gasteiger charge is 2.01. The minimum absolute atomic E-state index is 0.649. The van der Waals surface area contributed by atoms with Gasteiger partial charge in [0.1, 0.15) is 0 Å². The van der Waals surface area contributed by atoms with Crippen LogP contribution >= 0.6 is 22.6 Å². The van der Waals surface area contributed by atoms with Crippen LogP contribution in [-0.4, -0.2) is 23.4 Å². The van der Waals surface area contributed by atoms with E-state index in [1.807, 2.05) is 22.6 Å². The highest BCUT2D eigenvalue weighted by Crippen LogP contribution is 2.00. The molecule has 0 spiro atoms. The SMILES string of the molecule is CCCOCCc1nc(I)no1. The van der Waals surface area contributed by atoms with Gasteiger partial charge in [0, 0.05) is 29.2 Å². The van der Waals surface area contributed by atoms with Gasteiger partial charge < -0.3 is 9.26 Å². The average Bonchev–Trinajstić information content (AvgIpc) is 2.45. The van der Waals surface area contributed by atoms with Gasteiger partial charge in [-0.1, -0.05) is 12.1 Å². The lowest BCUT2D eigenvalue weighted by Gasteiger charge is -1.97. The Labute approximate surface area is 84.8 Å². The number of hydrogen-bond acceptors (Lipinski definition) is 4. The Morgan fingerprint density at radius 3 is 2.92 bits per heavy atom. The second kappa shape index (κ2) is 5.47. The molecule has 0 unspecified atom stereocenters. The molecule has 5 heteroatoms. The molecule has 0 aliphatic carbocycles. The fourth-order valence-corrected chi connectivity index (χ4v) is 1.11. The first-order chi connectivity index (χ1) is 5.83. The van der Waals surface area contributed by atoms with E-state index in [9.17, 15) is 0 Å². The number of ether oxygens (including phenoxy) is 1. The maximum atomic E-state index is 5.27. The van der Waals surface area contributed by atoms with Crippen molar-refractivity contribution in [3.8, 4) is 0 Å². The molecular formula is C7H11IN2O2. The molecule has 0 saturated carbocycles. The number of hydrogen-bond donors (Lipinski definition) is 0. The number of nitrogens with zero attached hydrogens (tertiary/aromatic N) is 2. The predicted molar refractivity (Wildman–Crippen MR) is 51.8 cm³/mol. The summed E-state index contributed by atoms with van der Waals surface area (Å²) in [5.41, 5.74) is 0. The van der Waals surface area contributed by atoms with Crippen LogP contribution in [0.25, 0.3) is 0 Å². The van der Waals surface area contributed by atoms with E-state index in [-0.39, 0.29) is 0 Å². The second-order valence-electron chi connectivity index (χ2n) is 2.32. The first-order valence-electron chi connectivity index (χ1n) is 3.88. The molecule has 0 aromatic carbocycles. The van der Waals surface area contributed by atoms with Crippen LogP contribution in [0.15, 0.2) is 4.52 Å². The highest BCUT2D eigenvalue weighted by atomic mass is 127. The third-order valence-corrected chi connectivity index (χ3v) is 1.69. The van der Waals surface area contributed by atoms with E-state index < -0.39 is 0 Å². The molecule has 0 bridgehead atoms. The van der Waals surface area contributed by atoms with Gasteiger partial charge >= 0.3 is 0 Å². The predicted octanol–water partition coefficient (Wildman–Crippen LogP) is 1.64. The quantitative estimate of drug-likeness (QED) is 0.608. The van der Waals surface area contributed by atoms with Crippen LogP contribution in [0, 0.1) is 3.83 Å². The van der Waals surface area contributed by atoms with E-state index in [0.29, 0.717) is 22.7 Å². The van der Waals surface area contributed by atoms with Gasteiger partial charge in [-0.15, -0.1) is 0 Å². The van der Waals surface area contributed by atoms with Gasteiger partial charge in [-0.2, -0.15) is 4.98 Å². The van der Waals surface area contributed by atoms with E-state index in [4.69, 9.17) is 9.26 Å². The lowest BCUT2D eigenvalue weighted by molar-refractivity contribution is 0.132. The van der Waals surface area contributed by atoms with Gasteiger partial charge in [0.05, 0.1) is 13.0 Å². The van der Waals surface area contributed by atoms with Crippen LogP contribution in [0.3, 0.4) is 0 Å². The zero-order chi connectivity index (χ0) is 8.81. The number of aromatic nitrogens is 2. The molecule has 0 amide bonds. The summed E-state index contributed by atoms with van der Waals surface area (Å²) in [5, 5.41) is 3.66. The maximum Gasteiger partial charge on any atom is 0.232 e. The monoisotopic (exact) mass is 282 g/mol. The molecule has 1 heterocycles. The Bertz CT molecular complexity index is 227. The zero-order valence-electron chi connectivity index (χ0n) is 6.92. The third-order valence-electron chi connectivity index (χ3n) is 1.25. The molecule has 0 radical (unpaired) electrons. The molecular weight excluding hydrogens is 271 g/mol. The van der Waals surface area contributed by atoms with Crippen molar-refractivity contribution in [1.82, 2.24) is 10.1 Å².